The van der Waals surface area contributed by atoms with Gasteiger partial charge in [0.2, 0.25) is 0 Å². The van der Waals surface area contributed by atoms with Gasteiger partial charge in [0, 0.05) is 12.8 Å². The predicted molar refractivity (Wildman–Crippen MR) is 103 cm³/mol. The molecule has 0 spiro atoms. The first kappa shape index (κ1) is 20.7. The first-order valence-corrected chi connectivity index (χ1v) is 9.24. The first-order chi connectivity index (χ1) is 11.2. The van der Waals surface area contributed by atoms with Crippen LogP contribution < -0.4 is 0 Å². The van der Waals surface area contributed by atoms with Crippen LogP contribution in [0.15, 0.2) is 35.5 Å². The average molecular weight is 333 g/mol. The molecule has 1 fully saturated rings. The Morgan fingerprint density at radius 2 is 1.83 bits per heavy atom. The Morgan fingerprint density at radius 3 is 2.38 bits per heavy atom. The lowest BCUT2D eigenvalue weighted by molar-refractivity contribution is -0.142. The zero-order valence-corrected chi connectivity index (χ0v) is 16.6. The van der Waals surface area contributed by atoms with Crippen LogP contribution in [0.2, 0.25) is 0 Å². The Hall–Kier alpha value is -1.31. The summed E-state index contributed by atoms with van der Waals surface area (Å²) in [6.07, 6.45) is 10.3. The highest BCUT2D eigenvalue weighted by Crippen LogP contribution is 2.50. The fourth-order valence-electron chi connectivity index (χ4n) is 3.78. The van der Waals surface area contributed by atoms with Gasteiger partial charge in [0.05, 0.1) is 6.61 Å². The molecular weight excluding hydrogens is 296 g/mol. The highest BCUT2D eigenvalue weighted by Gasteiger charge is 2.41. The van der Waals surface area contributed by atoms with Crippen LogP contribution in [0.3, 0.4) is 0 Å². The van der Waals surface area contributed by atoms with Crippen LogP contribution >= 0.6 is 0 Å². The summed E-state index contributed by atoms with van der Waals surface area (Å²) in [7, 11) is 0. The van der Waals surface area contributed by atoms with Gasteiger partial charge in [-0.15, -0.1) is 0 Å². The van der Waals surface area contributed by atoms with Gasteiger partial charge < -0.3 is 4.74 Å². The second-order valence-corrected chi connectivity index (χ2v) is 8.16. The van der Waals surface area contributed by atoms with Crippen molar-refractivity contribution >= 4 is 5.97 Å². The third-order valence-electron chi connectivity index (χ3n) is 5.39. The summed E-state index contributed by atoms with van der Waals surface area (Å²) in [5.41, 5.74) is 4.31. The maximum Gasteiger partial charge on any atom is 0.302 e. The molecule has 0 N–H and O–H groups in total. The third kappa shape index (κ3) is 6.30. The van der Waals surface area contributed by atoms with E-state index in [0.29, 0.717) is 18.4 Å². The number of esters is 1. The molecule has 3 atom stereocenters. The summed E-state index contributed by atoms with van der Waals surface area (Å²) in [6, 6.07) is 0. The second-order valence-electron chi connectivity index (χ2n) is 8.16. The summed E-state index contributed by atoms with van der Waals surface area (Å²) >= 11 is 0. The topological polar surface area (TPSA) is 26.3 Å². The van der Waals surface area contributed by atoms with Gasteiger partial charge in [0.25, 0.3) is 0 Å². The molecule has 0 saturated heterocycles. The molecule has 1 aliphatic rings. The van der Waals surface area contributed by atoms with Crippen LogP contribution in [0.1, 0.15) is 73.6 Å². The number of rotatable bonds is 7. The molecule has 0 radical (unpaired) electrons. The number of hydrogen-bond acceptors (Lipinski definition) is 2. The van der Waals surface area contributed by atoms with E-state index in [1.54, 1.807) is 0 Å². The van der Waals surface area contributed by atoms with E-state index in [9.17, 15) is 4.79 Å². The number of carbonyl (C=O) groups excluding carboxylic acids is 1. The molecule has 1 aliphatic carbocycles. The van der Waals surface area contributed by atoms with Crippen molar-refractivity contribution in [2.24, 2.45) is 17.3 Å². The number of allylic oxidation sites excluding steroid dienone is 4. The van der Waals surface area contributed by atoms with Crippen molar-refractivity contribution in [2.45, 2.75) is 73.6 Å². The minimum Gasteiger partial charge on any atom is -0.465 e. The summed E-state index contributed by atoms with van der Waals surface area (Å²) in [4.78, 5) is 11.2. The molecule has 0 bridgehead atoms. The van der Waals surface area contributed by atoms with E-state index >= 15 is 0 Å². The monoisotopic (exact) mass is 332 g/mol. The molecule has 2 nitrogen and oxygen atoms in total. The number of hydrogen-bond donors (Lipinski definition) is 0. The molecule has 0 aromatic carbocycles. The van der Waals surface area contributed by atoms with Gasteiger partial charge in [-0.25, -0.2) is 0 Å². The fraction of sp³-hybridized carbons (Fsp3) is 0.682. The molecule has 3 unspecified atom stereocenters. The summed E-state index contributed by atoms with van der Waals surface area (Å²) < 4.78 is 5.28. The lowest BCUT2D eigenvalue weighted by Gasteiger charge is -2.46. The van der Waals surface area contributed by atoms with Crippen LogP contribution in [0.5, 0.6) is 0 Å². The fourth-order valence-corrected chi connectivity index (χ4v) is 3.78. The van der Waals surface area contributed by atoms with Crippen LogP contribution in [0, 0.1) is 17.3 Å². The molecule has 136 valence electrons. The van der Waals surface area contributed by atoms with Gasteiger partial charge in [0.1, 0.15) is 0 Å². The molecular formula is C22H36O2. The molecule has 2 heteroatoms. The van der Waals surface area contributed by atoms with Crippen LogP contribution in [-0.2, 0) is 9.53 Å². The molecule has 0 heterocycles. The summed E-state index contributed by atoms with van der Waals surface area (Å²) in [5, 5.41) is 0. The van der Waals surface area contributed by atoms with Crippen molar-refractivity contribution in [3.8, 4) is 0 Å². The standard InChI is InChI=1S/C22H36O2/c1-16(2)9-8-13-22(7)14-12-20(15-24-19(6)23)18(5)21(22)11-10-17(3)4/h9-10,20-21H,5,8,11-15H2,1-4,6-7H3. The first-order valence-electron chi connectivity index (χ1n) is 9.24. The van der Waals surface area contributed by atoms with E-state index in [4.69, 9.17) is 4.74 Å². The van der Waals surface area contributed by atoms with E-state index in [2.05, 4.69) is 53.3 Å². The normalized spacial score (nSPS) is 26.7. The molecule has 0 aromatic rings. The van der Waals surface area contributed by atoms with E-state index in [1.807, 2.05) is 0 Å². The number of carbonyl (C=O) groups is 1. The molecule has 0 aliphatic heterocycles. The Balaban J connectivity index is 2.90. The molecule has 0 aromatic heterocycles. The average Bonchev–Trinajstić information content (AvgIpc) is 2.45. The maximum absolute atomic E-state index is 11.2. The zero-order valence-electron chi connectivity index (χ0n) is 16.6. The van der Waals surface area contributed by atoms with Crippen molar-refractivity contribution < 1.29 is 9.53 Å². The van der Waals surface area contributed by atoms with E-state index in [1.165, 1.54) is 36.5 Å². The van der Waals surface area contributed by atoms with Crippen LogP contribution in [0.25, 0.3) is 0 Å². The lowest BCUT2D eigenvalue weighted by Crippen LogP contribution is -2.37. The summed E-state index contributed by atoms with van der Waals surface area (Å²) in [6.45, 7) is 17.5. The quantitative estimate of drug-likeness (QED) is 0.407. The number of ether oxygens (including phenoxy) is 1. The molecule has 24 heavy (non-hydrogen) atoms. The van der Waals surface area contributed by atoms with E-state index in [0.717, 1.165) is 19.3 Å². The van der Waals surface area contributed by atoms with Crippen molar-refractivity contribution in [1.82, 2.24) is 0 Å². The predicted octanol–water partition coefficient (Wildman–Crippen LogP) is 6.24. The van der Waals surface area contributed by atoms with Crippen LogP contribution in [-0.4, -0.2) is 12.6 Å². The van der Waals surface area contributed by atoms with Gasteiger partial charge in [-0.3, -0.25) is 4.79 Å². The minimum atomic E-state index is -0.194. The van der Waals surface area contributed by atoms with Crippen molar-refractivity contribution in [2.75, 3.05) is 6.61 Å². The van der Waals surface area contributed by atoms with Gasteiger partial charge in [-0.1, -0.05) is 42.4 Å². The van der Waals surface area contributed by atoms with Crippen molar-refractivity contribution in [3.05, 3.63) is 35.5 Å². The largest absolute Gasteiger partial charge is 0.465 e. The molecule has 0 amide bonds. The highest BCUT2D eigenvalue weighted by atomic mass is 16.5. The molecule has 1 saturated carbocycles. The lowest BCUT2D eigenvalue weighted by atomic mass is 9.59. The van der Waals surface area contributed by atoms with Gasteiger partial charge in [-0.05, 0) is 71.1 Å². The van der Waals surface area contributed by atoms with E-state index in [-0.39, 0.29) is 11.4 Å². The highest BCUT2D eigenvalue weighted by molar-refractivity contribution is 5.65. The Kier molecular flexibility index (Phi) is 7.99. The van der Waals surface area contributed by atoms with Crippen molar-refractivity contribution in [3.63, 3.8) is 0 Å². The SMILES string of the molecule is C=C1C(COC(C)=O)CCC(C)(CCC=C(C)C)C1CC=C(C)C. The Bertz CT molecular complexity index is 504. The summed E-state index contributed by atoms with van der Waals surface area (Å²) in [5.74, 6) is 0.578. The van der Waals surface area contributed by atoms with Gasteiger partial charge >= 0.3 is 5.97 Å². The van der Waals surface area contributed by atoms with Gasteiger partial charge in [0.15, 0.2) is 0 Å². The third-order valence-corrected chi connectivity index (χ3v) is 5.39. The maximum atomic E-state index is 11.2. The Labute approximate surface area is 149 Å². The van der Waals surface area contributed by atoms with E-state index < -0.39 is 0 Å². The second kappa shape index (κ2) is 9.25. The van der Waals surface area contributed by atoms with Crippen LogP contribution in [0.4, 0.5) is 0 Å². The van der Waals surface area contributed by atoms with Crippen molar-refractivity contribution in [1.29, 1.82) is 0 Å². The van der Waals surface area contributed by atoms with Gasteiger partial charge in [-0.2, -0.15) is 0 Å². The minimum absolute atomic E-state index is 0.194. The smallest absolute Gasteiger partial charge is 0.302 e. The molecule has 1 rings (SSSR count). The Morgan fingerprint density at radius 1 is 1.21 bits per heavy atom. The zero-order chi connectivity index (χ0) is 18.3.